The van der Waals surface area contributed by atoms with E-state index in [1.807, 2.05) is 10.7 Å². The zero-order chi connectivity index (χ0) is 14.2. The minimum absolute atomic E-state index is 0.228. The highest BCUT2D eigenvalue weighted by Crippen LogP contribution is 2.39. The van der Waals surface area contributed by atoms with Crippen LogP contribution in [-0.2, 0) is 0 Å². The zero-order valence-corrected chi connectivity index (χ0v) is 14.8. The number of halogens is 2. The van der Waals surface area contributed by atoms with Gasteiger partial charge in [0.15, 0.2) is 5.75 Å². The third-order valence-electron chi connectivity index (χ3n) is 2.82. The summed E-state index contributed by atoms with van der Waals surface area (Å²) < 4.78 is 9.34. The van der Waals surface area contributed by atoms with Crippen LogP contribution in [0, 0.1) is 0 Å². The van der Waals surface area contributed by atoms with Crippen molar-refractivity contribution >= 4 is 43.2 Å². The van der Waals surface area contributed by atoms with Gasteiger partial charge >= 0.3 is 0 Å². The maximum Gasteiger partial charge on any atom is 0.161 e. The lowest BCUT2D eigenvalue weighted by Crippen LogP contribution is -2.19. The van der Waals surface area contributed by atoms with E-state index < -0.39 is 0 Å². The molecule has 0 saturated heterocycles. The van der Waals surface area contributed by atoms with E-state index in [4.69, 9.17) is 10.5 Å². The Kier molecular flexibility index (Phi) is 4.70. The van der Waals surface area contributed by atoms with Crippen LogP contribution < -0.4 is 10.5 Å². The second-order valence-electron chi connectivity index (χ2n) is 4.39. The van der Waals surface area contributed by atoms with E-state index in [-0.39, 0.29) is 12.1 Å². The van der Waals surface area contributed by atoms with E-state index in [1.165, 1.54) is 0 Å². The lowest BCUT2D eigenvalue weighted by molar-refractivity contribution is 0.401. The second kappa shape index (κ2) is 5.95. The van der Waals surface area contributed by atoms with Crippen LogP contribution >= 0.6 is 43.2 Å². The molecule has 19 heavy (non-hydrogen) atoms. The Morgan fingerprint density at radius 3 is 2.58 bits per heavy atom. The van der Waals surface area contributed by atoms with Crippen LogP contribution in [-0.4, -0.2) is 16.9 Å². The van der Waals surface area contributed by atoms with Gasteiger partial charge in [-0.05, 0) is 51.8 Å². The first-order chi connectivity index (χ1) is 8.95. The van der Waals surface area contributed by atoms with Gasteiger partial charge in [-0.15, -0.1) is 11.3 Å². The lowest BCUT2D eigenvalue weighted by Gasteiger charge is -2.17. The normalized spacial score (nSPS) is 13.0. The monoisotopic (exact) mass is 407 g/mol. The lowest BCUT2D eigenvalue weighted by atomic mass is 10.1. The van der Waals surface area contributed by atoms with E-state index in [9.17, 15) is 0 Å². The molecule has 2 heterocycles. The van der Waals surface area contributed by atoms with E-state index in [1.54, 1.807) is 24.6 Å². The first-order valence-electron chi connectivity index (χ1n) is 5.77. The molecule has 0 aromatic carbocycles. The highest BCUT2D eigenvalue weighted by Gasteiger charge is 2.24. The number of aromatic nitrogens is 2. The van der Waals surface area contributed by atoms with Gasteiger partial charge in [0.05, 0.1) is 26.9 Å². The maximum atomic E-state index is 6.40. The van der Waals surface area contributed by atoms with Crippen molar-refractivity contribution in [3.8, 4) is 5.75 Å². The van der Waals surface area contributed by atoms with Crippen LogP contribution in [0.15, 0.2) is 19.8 Å². The van der Waals surface area contributed by atoms with Crippen molar-refractivity contribution in [1.82, 2.24) is 9.78 Å². The molecule has 2 N–H and O–H groups in total. The summed E-state index contributed by atoms with van der Waals surface area (Å²) in [4.78, 5) is 0. The standard InChI is InChI=1S/C12H15Br2N3OS/c1-6(2)17-11(8(18-3)5-16-17)10(15)7-4-9(13)19-12(7)14/h4-6,10H,15H2,1-3H3. The highest BCUT2D eigenvalue weighted by molar-refractivity contribution is 9.12. The Balaban J connectivity index is 2.51. The van der Waals surface area contributed by atoms with Crippen molar-refractivity contribution in [3.63, 3.8) is 0 Å². The van der Waals surface area contributed by atoms with Crippen LogP contribution in [0.4, 0.5) is 0 Å². The van der Waals surface area contributed by atoms with Gasteiger partial charge in [0.1, 0.15) is 5.69 Å². The quantitative estimate of drug-likeness (QED) is 0.828. The van der Waals surface area contributed by atoms with Gasteiger partial charge in [0, 0.05) is 11.6 Å². The SMILES string of the molecule is COc1cnn(C(C)C)c1C(N)c1cc(Br)sc1Br. The molecule has 4 nitrogen and oxygen atoms in total. The van der Waals surface area contributed by atoms with Crippen LogP contribution in [0.2, 0.25) is 0 Å². The molecule has 0 saturated carbocycles. The Morgan fingerprint density at radius 2 is 2.11 bits per heavy atom. The molecule has 104 valence electrons. The molecule has 0 fully saturated rings. The summed E-state index contributed by atoms with van der Waals surface area (Å²) in [6, 6.07) is 1.97. The molecule has 0 amide bonds. The van der Waals surface area contributed by atoms with Gasteiger partial charge in [0.25, 0.3) is 0 Å². The number of nitrogens with two attached hydrogens (primary N) is 1. The number of hydrogen-bond acceptors (Lipinski definition) is 4. The number of methoxy groups -OCH3 is 1. The van der Waals surface area contributed by atoms with Crippen molar-refractivity contribution in [2.24, 2.45) is 5.73 Å². The molecular formula is C12H15Br2N3OS. The smallest absolute Gasteiger partial charge is 0.161 e. The van der Waals surface area contributed by atoms with E-state index in [0.717, 1.165) is 24.6 Å². The molecule has 0 aliphatic rings. The molecule has 2 rings (SSSR count). The van der Waals surface area contributed by atoms with Gasteiger partial charge < -0.3 is 10.5 Å². The summed E-state index contributed by atoms with van der Waals surface area (Å²) in [5, 5.41) is 4.36. The number of ether oxygens (including phenoxy) is 1. The van der Waals surface area contributed by atoms with Crippen LogP contribution in [0.3, 0.4) is 0 Å². The molecule has 1 atom stereocenters. The van der Waals surface area contributed by atoms with Crippen molar-refractivity contribution in [2.75, 3.05) is 7.11 Å². The largest absolute Gasteiger partial charge is 0.493 e. The fourth-order valence-corrected chi connectivity index (χ4v) is 4.86. The molecule has 0 aliphatic carbocycles. The number of nitrogens with zero attached hydrogens (tertiary/aromatic N) is 2. The van der Waals surface area contributed by atoms with Crippen LogP contribution in [0.5, 0.6) is 5.75 Å². The summed E-state index contributed by atoms with van der Waals surface area (Å²) in [5.41, 5.74) is 8.32. The Morgan fingerprint density at radius 1 is 1.42 bits per heavy atom. The molecule has 2 aromatic heterocycles. The van der Waals surface area contributed by atoms with Crippen LogP contribution in [0.25, 0.3) is 0 Å². The molecule has 0 bridgehead atoms. The van der Waals surface area contributed by atoms with Gasteiger partial charge in [-0.25, -0.2) is 0 Å². The Hall–Kier alpha value is -0.370. The molecule has 2 aromatic rings. The molecule has 0 aliphatic heterocycles. The molecule has 0 radical (unpaired) electrons. The third-order valence-corrected chi connectivity index (χ3v) is 5.21. The fraction of sp³-hybridized carbons (Fsp3) is 0.417. The van der Waals surface area contributed by atoms with E-state index >= 15 is 0 Å². The number of hydrogen-bond donors (Lipinski definition) is 1. The summed E-state index contributed by atoms with van der Waals surface area (Å²) in [7, 11) is 1.64. The van der Waals surface area contributed by atoms with Crippen molar-refractivity contribution in [1.29, 1.82) is 0 Å². The summed E-state index contributed by atoms with van der Waals surface area (Å²) in [6.07, 6.45) is 1.71. The third kappa shape index (κ3) is 2.89. The van der Waals surface area contributed by atoms with E-state index in [0.29, 0.717) is 0 Å². The molecule has 0 spiro atoms. The van der Waals surface area contributed by atoms with Gasteiger partial charge in [-0.2, -0.15) is 5.10 Å². The molecular weight excluding hydrogens is 394 g/mol. The van der Waals surface area contributed by atoms with Crippen LogP contribution in [0.1, 0.15) is 37.2 Å². The highest BCUT2D eigenvalue weighted by atomic mass is 79.9. The summed E-state index contributed by atoms with van der Waals surface area (Å²) >= 11 is 8.63. The van der Waals surface area contributed by atoms with Crippen molar-refractivity contribution < 1.29 is 4.74 Å². The van der Waals surface area contributed by atoms with Crippen molar-refractivity contribution in [2.45, 2.75) is 25.9 Å². The summed E-state index contributed by atoms with van der Waals surface area (Å²) in [6.45, 7) is 4.14. The Bertz CT molecular complexity index is 580. The molecule has 7 heteroatoms. The second-order valence-corrected chi connectivity index (χ2v) is 8.14. The first-order valence-corrected chi connectivity index (χ1v) is 8.17. The fourth-order valence-electron chi connectivity index (χ4n) is 1.93. The van der Waals surface area contributed by atoms with Gasteiger partial charge in [0.2, 0.25) is 0 Å². The predicted octanol–water partition coefficient (Wildman–Crippen LogP) is 4.11. The number of thiophene rings is 1. The maximum absolute atomic E-state index is 6.40. The summed E-state index contributed by atoms with van der Waals surface area (Å²) in [5.74, 6) is 0.718. The Labute approximate surface area is 133 Å². The number of rotatable bonds is 4. The minimum Gasteiger partial charge on any atom is -0.493 e. The zero-order valence-electron chi connectivity index (χ0n) is 10.9. The molecule has 1 unspecified atom stereocenters. The average molecular weight is 409 g/mol. The van der Waals surface area contributed by atoms with Gasteiger partial charge in [-0.3, -0.25) is 4.68 Å². The predicted molar refractivity (Wildman–Crippen MR) is 84.9 cm³/mol. The first kappa shape index (κ1) is 15.0. The van der Waals surface area contributed by atoms with Crippen molar-refractivity contribution in [3.05, 3.63) is 31.1 Å². The van der Waals surface area contributed by atoms with Gasteiger partial charge in [-0.1, -0.05) is 0 Å². The topological polar surface area (TPSA) is 53.1 Å². The average Bonchev–Trinajstić information content (AvgIpc) is 2.91. The van der Waals surface area contributed by atoms with E-state index in [2.05, 4.69) is 50.8 Å². The minimum atomic E-state index is -0.281.